The third-order valence-corrected chi connectivity index (χ3v) is 5.70. The van der Waals surface area contributed by atoms with Crippen LogP contribution in [0.3, 0.4) is 0 Å². The van der Waals surface area contributed by atoms with E-state index in [0.717, 1.165) is 30.8 Å². The summed E-state index contributed by atoms with van der Waals surface area (Å²) in [6.45, 7) is 4.50. The van der Waals surface area contributed by atoms with Crippen molar-refractivity contribution in [1.29, 1.82) is 0 Å². The van der Waals surface area contributed by atoms with Gasteiger partial charge in [-0.1, -0.05) is 6.07 Å². The van der Waals surface area contributed by atoms with Crippen molar-refractivity contribution in [2.75, 3.05) is 17.2 Å². The maximum Gasteiger partial charge on any atom is 0.282 e. The molecule has 2 heterocycles. The molecular formula is C19H24N3O2S+. The first-order valence-electron chi connectivity index (χ1n) is 8.62. The first-order chi connectivity index (χ1) is 12.0. The van der Waals surface area contributed by atoms with E-state index < -0.39 is 0 Å². The molecule has 1 unspecified atom stereocenters. The fourth-order valence-electron chi connectivity index (χ4n) is 3.46. The maximum atomic E-state index is 12.7. The Labute approximate surface area is 152 Å². The zero-order valence-corrected chi connectivity index (χ0v) is 15.4. The zero-order valence-electron chi connectivity index (χ0n) is 14.5. The molecule has 1 aromatic heterocycles. The lowest BCUT2D eigenvalue weighted by atomic mass is 10.1. The van der Waals surface area contributed by atoms with Gasteiger partial charge in [-0.15, -0.1) is 11.3 Å². The molecule has 25 heavy (non-hydrogen) atoms. The van der Waals surface area contributed by atoms with Crippen LogP contribution in [-0.4, -0.2) is 24.4 Å². The van der Waals surface area contributed by atoms with Crippen LogP contribution in [0.5, 0.6) is 0 Å². The molecule has 1 saturated heterocycles. The van der Waals surface area contributed by atoms with Crippen molar-refractivity contribution in [2.24, 2.45) is 0 Å². The van der Waals surface area contributed by atoms with Crippen LogP contribution in [0.25, 0.3) is 0 Å². The number of nitrogens with one attached hydrogen (secondary N) is 3. The van der Waals surface area contributed by atoms with E-state index in [1.807, 2.05) is 19.1 Å². The van der Waals surface area contributed by atoms with Gasteiger partial charge in [0.15, 0.2) is 6.04 Å². The van der Waals surface area contributed by atoms with Crippen LogP contribution in [0, 0.1) is 0 Å². The van der Waals surface area contributed by atoms with Gasteiger partial charge in [0.1, 0.15) is 6.04 Å². The number of anilines is 2. The van der Waals surface area contributed by atoms with Gasteiger partial charge in [-0.05, 0) is 42.6 Å². The maximum absolute atomic E-state index is 12.7. The largest absolute Gasteiger partial charge is 0.326 e. The van der Waals surface area contributed by atoms with E-state index in [0.29, 0.717) is 6.04 Å². The lowest BCUT2D eigenvalue weighted by Crippen LogP contribution is -3.15. The molecule has 0 aliphatic carbocycles. The summed E-state index contributed by atoms with van der Waals surface area (Å²) in [7, 11) is 0. The normalized spacial score (nSPS) is 20.9. The minimum Gasteiger partial charge on any atom is -0.326 e. The number of carbonyl (C=O) groups is 2. The van der Waals surface area contributed by atoms with Crippen LogP contribution in [0.1, 0.15) is 37.6 Å². The molecule has 0 radical (unpaired) electrons. The molecule has 2 aromatic rings. The molecule has 3 atom stereocenters. The second kappa shape index (κ2) is 7.80. The molecule has 0 saturated carbocycles. The van der Waals surface area contributed by atoms with Crippen molar-refractivity contribution >= 4 is 34.5 Å². The van der Waals surface area contributed by atoms with Crippen molar-refractivity contribution in [1.82, 2.24) is 0 Å². The first kappa shape index (κ1) is 17.6. The van der Waals surface area contributed by atoms with E-state index in [2.05, 4.69) is 28.1 Å². The van der Waals surface area contributed by atoms with Crippen LogP contribution in [0.2, 0.25) is 0 Å². The Hall–Kier alpha value is -2.18. The number of rotatable bonds is 5. The highest BCUT2D eigenvalue weighted by Gasteiger charge is 2.37. The lowest BCUT2D eigenvalue weighted by Gasteiger charge is -2.26. The van der Waals surface area contributed by atoms with E-state index in [1.54, 1.807) is 23.5 Å². The second-order valence-corrected chi connectivity index (χ2v) is 7.48. The molecule has 0 bridgehead atoms. The SMILES string of the molecule is CC(=O)Nc1ccc(NC(=O)[C@H](C)[NH+]2CCC[C@@H]2c2cccs2)cc1. The van der Waals surface area contributed by atoms with Gasteiger partial charge in [0.05, 0.1) is 11.4 Å². The van der Waals surface area contributed by atoms with Crippen LogP contribution in [-0.2, 0) is 9.59 Å². The monoisotopic (exact) mass is 358 g/mol. The summed E-state index contributed by atoms with van der Waals surface area (Å²) >= 11 is 1.78. The second-order valence-electron chi connectivity index (χ2n) is 6.50. The molecule has 1 aliphatic heterocycles. The summed E-state index contributed by atoms with van der Waals surface area (Å²) in [5, 5.41) is 7.82. The Bertz CT molecular complexity index is 728. The average Bonchev–Trinajstić information content (AvgIpc) is 3.26. The van der Waals surface area contributed by atoms with E-state index in [1.165, 1.54) is 16.7 Å². The van der Waals surface area contributed by atoms with Crippen molar-refractivity contribution in [2.45, 2.75) is 38.8 Å². The third-order valence-electron chi connectivity index (χ3n) is 4.71. The predicted octanol–water partition coefficient (Wildman–Crippen LogP) is 2.45. The first-order valence-corrected chi connectivity index (χ1v) is 9.50. The predicted molar refractivity (Wildman–Crippen MR) is 101 cm³/mol. The summed E-state index contributed by atoms with van der Waals surface area (Å²) in [6.07, 6.45) is 2.29. The smallest absolute Gasteiger partial charge is 0.282 e. The van der Waals surface area contributed by atoms with Gasteiger partial charge in [0.2, 0.25) is 5.91 Å². The molecule has 132 valence electrons. The summed E-state index contributed by atoms with van der Waals surface area (Å²) in [6, 6.07) is 11.8. The highest BCUT2D eigenvalue weighted by Crippen LogP contribution is 2.24. The quantitative estimate of drug-likeness (QED) is 0.769. The molecule has 1 fully saturated rings. The topological polar surface area (TPSA) is 62.6 Å². The van der Waals surface area contributed by atoms with Crippen molar-refractivity contribution in [3.8, 4) is 0 Å². The molecule has 2 amide bonds. The standard InChI is InChI=1S/C19H23N3O2S/c1-13(22-11-3-5-17(22)18-6-4-12-25-18)19(24)21-16-9-7-15(8-10-16)20-14(2)23/h4,6-10,12-13,17H,3,5,11H2,1-2H3,(H,20,23)(H,21,24)/p+1/t13-,17+/m0/s1. The van der Waals surface area contributed by atoms with Crippen molar-refractivity contribution < 1.29 is 14.5 Å². The minimum absolute atomic E-state index is 0.0331. The van der Waals surface area contributed by atoms with Gasteiger partial charge >= 0.3 is 0 Å². The minimum atomic E-state index is -0.109. The molecule has 3 N–H and O–H groups in total. The summed E-state index contributed by atoms with van der Waals surface area (Å²) < 4.78 is 0. The highest BCUT2D eigenvalue weighted by atomic mass is 32.1. The number of amides is 2. The molecule has 0 spiro atoms. The Morgan fingerprint density at radius 2 is 1.84 bits per heavy atom. The van der Waals surface area contributed by atoms with Gasteiger partial charge in [-0.2, -0.15) is 0 Å². The van der Waals surface area contributed by atoms with Gasteiger partial charge < -0.3 is 15.5 Å². The number of likely N-dealkylation sites (tertiary alicyclic amines) is 1. The fraction of sp³-hybridized carbons (Fsp3) is 0.368. The fourth-order valence-corrected chi connectivity index (χ4v) is 4.37. The van der Waals surface area contributed by atoms with Crippen LogP contribution in [0.15, 0.2) is 41.8 Å². The number of carbonyl (C=O) groups excluding carboxylic acids is 2. The zero-order chi connectivity index (χ0) is 17.8. The molecule has 1 aliphatic rings. The third kappa shape index (κ3) is 4.27. The van der Waals surface area contributed by atoms with Crippen LogP contribution in [0.4, 0.5) is 11.4 Å². The highest BCUT2D eigenvalue weighted by molar-refractivity contribution is 7.10. The van der Waals surface area contributed by atoms with E-state index in [4.69, 9.17) is 0 Å². The molecule has 5 nitrogen and oxygen atoms in total. The summed E-state index contributed by atoms with van der Waals surface area (Å²) in [4.78, 5) is 26.4. The molecule has 1 aromatic carbocycles. The Kier molecular flexibility index (Phi) is 5.50. The van der Waals surface area contributed by atoms with E-state index >= 15 is 0 Å². The van der Waals surface area contributed by atoms with Gasteiger partial charge in [0.25, 0.3) is 5.91 Å². The van der Waals surface area contributed by atoms with Crippen LogP contribution >= 0.6 is 11.3 Å². The van der Waals surface area contributed by atoms with E-state index in [9.17, 15) is 9.59 Å². The van der Waals surface area contributed by atoms with Crippen LogP contribution < -0.4 is 15.5 Å². The Morgan fingerprint density at radius 1 is 1.16 bits per heavy atom. The van der Waals surface area contributed by atoms with Gasteiger partial charge in [-0.25, -0.2) is 0 Å². The van der Waals surface area contributed by atoms with Gasteiger partial charge in [-0.3, -0.25) is 9.59 Å². The molecule has 6 heteroatoms. The summed E-state index contributed by atoms with van der Waals surface area (Å²) in [5.74, 6) is -0.0756. The van der Waals surface area contributed by atoms with Crippen molar-refractivity contribution in [3.63, 3.8) is 0 Å². The number of quaternary nitrogens is 1. The summed E-state index contributed by atoms with van der Waals surface area (Å²) in [5.41, 5.74) is 1.47. The molecular weight excluding hydrogens is 334 g/mol. The molecule has 3 rings (SSSR count). The number of benzene rings is 1. The Morgan fingerprint density at radius 3 is 2.44 bits per heavy atom. The number of hydrogen-bond acceptors (Lipinski definition) is 3. The lowest BCUT2D eigenvalue weighted by molar-refractivity contribution is -0.931. The number of hydrogen-bond donors (Lipinski definition) is 3. The van der Waals surface area contributed by atoms with Gasteiger partial charge in [0, 0.05) is 31.1 Å². The average molecular weight is 358 g/mol. The van der Waals surface area contributed by atoms with E-state index in [-0.39, 0.29) is 17.9 Å². The Balaban J connectivity index is 1.63. The van der Waals surface area contributed by atoms with Crippen molar-refractivity contribution in [3.05, 3.63) is 46.7 Å². The number of thiophene rings is 1.